The molecular formula is C26H33N3O3SSi. The van der Waals surface area contributed by atoms with E-state index >= 15 is 0 Å². The summed E-state index contributed by atoms with van der Waals surface area (Å²) >= 11 is 0. The van der Waals surface area contributed by atoms with Crippen LogP contribution in [0.3, 0.4) is 0 Å². The molecule has 0 radical (unpaired) electrons. The minimum atomic E-state index is -3.58. The standard InChI is InChI=1S/C26H33N3O3SSi/c1-18(2)34(19(3)4,20(5)6)14-13-22-15-24(32-17-21-11-9-8-10-12-21)28-25-23(22)16-27-26(29-25)33(7,30)31/h8-12,15-16,18-20H,17H2,1-7H3. The van der Waals surface area contributed by atoms with Gasteiger partial charge in [-0.25, -0.2) is 13.4 Å². The molecule has 0 aliphatic heterocycles. The molecule has 0 fully saturated rings. The Morgan fingerprint density at radius 2 is 1.59 bits per heavy atom. The van der Waals surface area contributed by atoms with Gasteiger partial charge < -0.3 is 4.74 Å². The Morgan fingerprint density at radius 3 is 2.15 bits per heavy atom. The molecule has 0 aliphatic carbocycles. The van der Waals surface area contributed by atoms with E-state index in [2.05, 4.69) is 68.0 Å². The van der Waals surface area contributed by atoms with Crippen molar-refractivity contribution < 1.29 is 13.2 Å². The van der Waals surface area contributed by atoms with E-state index in [1.165, 1.54) is 6.20 Å². The van der Waals surface area contributed by atoms with Crippen LogP contribution in [0.2, 0.25) is 16.6 Å². The van der Waals surface area contributed by atoms with Gasteiger partial charge in [-0.2, -0.15) is 9.97 Å². The first-order chi connectivity index (χ1) is 15.9. The first-order valence-corrected chi connectivity index (χ1v) is 15.6. The normalized spacial score (nSPS) is 12.3. The molecule has 0 N–H and O–H groups in total. The first-order valence-electron chi connectivity index (χ1n) is 11.5. The van der Waals surface area contributed by atoms with Crippen molar-refractivity contribution in [1.29, 1.82) is 0 Å². The lowest BCUT2D eigenvalue weighted by molar-refractivity contribution is 0.295. The molecule has 0 amide bonds. The zero-order valence-corrected chi connectivity index (χ0v) is 22.8. The first kappa shape index (κ1) is 25.9. The summed E-state index contributed by atoms with van der Waals surface area (Å²) in [5, 5.41) is 0.355. The molecule has 0 saturated heterocycles. The van der Waals surface area contributed by atoms with Gasteiger partial charge in [-0.1, -0.05) is 77.8 Å². The van der Waals surface area contributed by atoms with Gasteiger partial charge in [-0.3, -0.25) is 0 Å². The molecule has 0 bridgehead atoms. The third-order valence-electron chi connectivity index (χ3n) is 6.36. The van der Waals surface area contributed by atoms with Gasteiger partial charge in [0.15, 0.2) is 5.65 Å². The number of pyridine rings is 1. The topological polar surface area (TPSA) is 82.0 Å². The average molecular weight is 496 g/mol. The number of hydrogen-bond donors (Lipinski definition) is 0. The molecule has 3 aromatic rings. The number of benzene rings is 1. The minimum absolute atomic E-state index is 0.260. The molecule has 180 valence electrons. The summed E-state index contributed by atoms with van der Waals surface area (Å²) in [6, 6.07) is 11.6. The van der Waals surface area contributed by atoms with E-state index in [0.717, 1.165) is 11.8 Å². The van der Waals surface area contributed by atoms with Crippen molar-refractivity contribution in [1.82, 2.24) is 15.0 Å². The fraction of sp³-hybridized carbons (Fsp3) is 0.423. The van der Waals surface area contributed by atoms with Crippen LogP contribution in [0.1, 0.15) is 52.7 Å². The van der Waals surface area contributed by atoms with E-state index in [-0.39, 0.29) is 10.8 Å². The van der Waals surface area contributed by atoms with E-state index in [9.17, 15) is 8.42 Å². The van der Waals surface area contributed by atoms with Gasteiger partial charge in [0, 0.05) is 24.1 Å². The highest BCUT2D eigenvalue weighted by atomic mass is 32.2. The van der Waals surface area contributed by atoms with E-state index in [0.29, 0.717) is 40.1 Å². The Kier molecular flexibility index (Phi) is 7.79. The van der Waals surface area contributed by atoms with E-state index < -0.39 is 17.9 Å². The Hall–Kier alpha value is -2.76. The minimum Gasteiger partial charge on any atom is -0.473 e. The molecule has 1 aromatic carbocycles. The van der Waals surface area contributed by atoms with Crippen LogP contribution in [0.25, 0.3) is 11.0 Å². The molecule has 2 aromatic heterocycles. The highest BCUT2D eigenvalue weighted by Crippen LogP contribution is 2.41. The number of aromatic nitrogens is 3. The Morgan fingerprint density at radius 1 is 0.971 bits per heavy atom. The molecule has 2 heterocycles. The molecule has 6 nitrogen and oxygen atoms in total. The summed E-state index contributed by atoms with van der Waals surface area (Å²) in [6.45, 7) is 13.9. The van der Waals surface area contributed by atoms with Crippen LogP contribution in [0, 0.1) is 11.5 Å². The Balaban J connectivity index is 2.16. The van der Waals surface area contributed by atoms with Crippen molar-refractivity contribution in [2.45, 2.75) is 69.9 Å². The number of hydrogen-bond acceptors (Lipinski definition) is 6. The maximum Gasteiger partial charge on any atom is 0.248 e. The molecule has 0 spiro atoms. The predicted molar refractivity (Wildman–Crippen MR) is 139 cm³/mol. The summed E-state index contributed by atoms with van der Waals surface area (Å²) in [7, 11) is -5.56. The largest absolute Gasteiger partial charge is 0.473 e. The Labute approximate surface area is 204 Å². The van der Waals surface area contributed by atoms with Crippen LogP contribution in [0.15, 0.2) is 47.8 Å². The number of sulfone groups is 1. The lowest BCUT2D eigenvalue weighted by Gasteiger charge is -2.38. The fourth-order valence-corrected chi connectivity index (χ4v) is 10.4. The van der Waals surface area contributed by atoms with Crippen LogP contribution in [-0.4, -0.2) is 37.7 Å². The molecule has 0 atom stereocenters. The van der Waals surface area contributed by atoms with Gasteiger partial charge in [0.1, 0.15) is 14.7 Å². The summed E-state index contributed by atoms with van der Waals surface area (Å²) in [5.74, 6) is 3.78. The number of ether oxygens (including phenoxy) is 1. The molecule has 8 heteroatoms. The molecule has 0 saturated carbocycles. The molecule has 3 rings (SSSR count). The maximum absolute atomic E-state index is 12.0. The summed E-state index contributed by atoms with van der Waals surface area (Å²) in [4.78, 5) is 12.8. The van der Waals surface area contributed by atoms with Crippen molar-refractivity contribution in [3.63, 3.8) is 0 Å². The average Bonchev–Trinajstić information content (AvgIpc) is 2.77. The van der Waals surface area contributed by atoms with Gasteiger partial charge in [-0.05, 0) is 22.2 Å². The summed E-state index contributed by atoms with van der Waals surface area (Å²) in [5.41, 5.74) is 7.13. The highest BCUT2D eigenvalue weighted by Gasteiger charge is 2.41. The van der Waals surface area contributed by atoms with Crippen molar-refractivity contribution in [3.8, 4) is 17.3 Å². The van der Waals surface area contributed by atoms with Crippen molar-refractivity contribution in [3.05, 3.63) is 53.7 Å². The highest BCUT2D eigenvalue weighted by molar-refractivity contribution is 7.90. The third-order valence-corrected chi connectivity index (χ3v) is 13.5. The zero-order chi connectivity index (χ0) is 25.1. The number of nitrogens with zero attached hydrogens (tertiary/aromatic N) is 3. The Bertz CT molecular complexity index is 1310. The maximum atomic E-state index is 12.0. The zero-order valence-electron chi connectivity index (χ0n) is 21.0. The fourth-order valence-electron chi connectivity index (χ4n) is 4.67. The van der Waals surface area contributed by atoms with Crippen molar-refractivity contribution in [2.24, 2.45) is 0 Å². The number of rotatable bonds is 7. The molecule has 34 heavy (non-hydrogen) atoms. The second kappa shape index (κ2) is 10.2. The van der Waals surface area contributed by atoms with Crippen LogP contribution >= 0.6 is 0 Å². The van der Waals surface area contributed by atoms with Gasteiger partial charge in [0.2, 0.25) is 20.9 Å². The summed E-state index contributed by atoms with van der Waals surface area (Å²) < 4.78 is 30.0. The van der Waals surface area contributed by atoms with Gasteiger partial charge >= 0.3 is 0 Å². The number of fused-ring (bicyclic) bond motifs is 1. The van der Waals surface area contributed by atoms with Crippen molar-refractivity contribution >= 4 is 28.9 Å². The van der Waals surface area contributed by atoms with Gasteiger partial charge in [0.25, 0.3) is 0 Å². The second-order valence-corrected chi connectivity index (χ2v) is 17.1. The SMILES string of the molecule is CC(C)[Si](C#Cc1cc(OCc2ccccc2)nc2nc(S(C)(=O)=O)ncc12)(C(C)C)C(C)C. The van der Waals surface area contributed by atoms with Crippen LogP contribution in [0.5, 0.6) is 5.88 Å². The predicted octanol–water partition coefficient (Wildman–Crippen LogP) is 5.58. The van der Waals surface area contributed by atoms with Crippen molar-refractivity contribution in [2.75, 3.05) is 6.26 Å². The third kappa shape index (κ3) is 5.48. The van der Waals surface area contributed by atoms with E-state index in [1.54, 1.807) is 0 Å². The smallest absolute Gasteiger partial charge is 0.248 e. The lowest BCUT2D eigenvalue weighted by atomic mass is 10.2. The van der Waals surface area contributed by atoms with Crippen LogP contribution in [-0.2, 0) is 16.4 Å². The quantitative estimate of drug-likeness (QED) is 0.242. The van der Waals surface area contributed by atoms with Gasteiger partial charge in [-0.15, -0.1) is 5.54 Å². The van der Waals surface area contributed by atoms with E-state index in [4.69, 9.17) is 4.74 Å². The van der Waals surface area contributed by atoms with E-state index in [1.807, 2.05) is 36.4 Å². The van der Waals surface area contributed by atoms with Crippen LogP contribution < -0.4 is 4.74 Å². The van der Waals surface area contributed by atoms with Crippen LogP contribution in [0.4, 0.5) is 0 Å². The molecule has 0 unspecified atom stereocenters. The lowest BCUT2D eigenvalue weighted by Crippen LogP contribution is -2.43. The second-order valence-electron chi connectivity index (χ2n) is 9.59. The molecule has 0 aliphatic rings. The molecular weight excluding hydrogens is 462 g/mol. The van der Waals surface area contributed by atoms with Gasteiger partial charge in [0.05, 0.1) is 5.39 Å². The summed E-state index contributed by atoms with van der Waals surface area (Å²) in [6.07, 6.45) is 2.58. The monoisotopic (exact) mass is 495 g/mol.